The summed E-state index contributed by atoms with van der Waals surface area (Å²) in [6, 6.07) is 8.25. The zero-order valence-corrected chi connectivity index (χ0v) is 11.4. The van der Waals surface area contributed by atoms with Gasteiger partial charge >= 0.3 is 0 Å². The van der Waals surface area contributed by atoms with Crippen LogP contribution >= 0.6 is 0 Å². The van der Waals surface area contributed by atoms with Gasteiger partial charge in [0.25, 0.3) is 0 Å². The van der Waals surface area contributed by atoms with Crippen LogP contribution in [0.25, 0.3) is 0 Å². The number of hydrogen-bond acceptors (Lipinski definition) is 4. The largest absolute Gasteiger partial charge is 0.494 e. The molecule has 0 fully saturated rings. The Kier molecular flexibility index (Phi) is 7.41. The molecule has 1 unspecified atom stereocenters. The molecular formula is C14H23NO3. The van der Waals surface area contributed by atoms with Crippen LogP contribution in [-0.2, 0) is 9.47 Å². The fourth-order valence-electron chi connectivity index (χ4n) is 1.68. The predicted octanol–water partition coefficient (Wildman–Crippen LogP) is 2.01. The second-order valence-electron chi connectivity index (χ2n) is 3.91. The van der Waals surface area contributed by atoms with Crippen molar-refractivity contribution in [1.29, 1.82) is 0 Å². The fraction of sp³-hybridized carbons (Fsp3) is 0.571. The van der Waals surface area contributed by atoms with Gasteiger partial charge in [0.1, 0.15) is 5.75 Å². The van der Waals surface area contributed by atoms with Crippen LogP contribution in [0.15, 0.2) is 24.3 Å². The summed E-state index contributed by atoms with van der Waals surface area (Å²) in [4.78, 5) is 0. The van der Waals surface area contributed by atoms with Crippen molar-refractivity contribution in [2.24, 2.45) is 0 Å². The first-order chi connectivity index (χ1) is 8.81. The van der Waals surface area contributed by atoms with Gasteiger partial charge in [0.15, 0.2) is 0 Å². The van der Waals surface area contributed by atoms with Crippen molar-refractivity contribution in [3.8, 4) is 5.75 Å². The number of likely N-dealkylation sites (N-methyl/N-ethyl adjacent to an activating group) is 1. The first-order valence-corrected chi connectivity index (χ1v) is 6.28. The third-order valence-electron chi connectivity index (χ3n) is 2.64. The van der Waals surface area contributed by atoms with E-state index in [0.717, 1.165) is 5.75 Å². The van der Waals surface area contributed by atoms with Crippen molar-refractivity contribution in [2.75, 3.05) is 40.6 Å². The molecule has 1 atom stereocenters. The van der Waals surface area contributed by atoms with Crippen molar-refractivity contribution >= 4 is 0 Å². The Morgan fingerprint density at radius 1 is 1.28 bits per heavy atom. The quantitative estimate of drug-likeness (QED) is 0.683. The van der Waals surface area contributed by atoms with E-state index in [1.807, 2.05) is 32.2 Å². The van der Waals surface area contributed by atoms with E-state index >= 15 is 0 Å². The highest BCUT2D eigenvalue weighted by molar-refractivity contribution is 5.30. The molecule has 0 aromatic heterocycles. The van der Waals surface area contributed by atoms with Crippen LogP contribution in [0, 0.1) is 0 Å². The Labute approximate surface area is 109 Å². The molecule has 0 saturated carbocycles. The van der Waals surface area contributed by atoms with Crippen LogP contribution in [0.4, 0.5) is 0 Å². The highest BCUT2D eigenvalue weighted by Gasteiger charge is 2.10. The Balaban J connectivity index is 2.54. The summed E-state index contributed by atoms with van der Waals surface area (Å²) in [5.74, 6) is 0.896. The van der Waals surface area contributed by atoms with E-state index < -0.39 is 0 Å². The molecule has 1 rings (SSSR count). The molecule has 1 N–H and O–H groups in total. The fourth-order valence-corrected chi connectivity index (χ4v) is 1.68. The Morgan fingerprint density at radius 2 is 2.11 bits per heavy atom. The minimum Gasteiger partial charge on any atom is -0.494 e. The van der Waals surface area contributed by atoms with Gasteiger partial charge in [-0.1, -0.05) is 12.1 Å². The van der Waals surface area contributed by atoms with Gasteiger partial charge < -0.3 is 19.5 Å². The zero-order valence-electron chi connectivity index (χ0n) is 11.4. The van der Waals surface area contributed by atoms with E-state index in [2.05, 4.69) is 11.4 Å². The lowest BCUT2D eigenvalue weighted by atomic mass is 10.1. The van der Waals surface area contributed by atoms with Crippen molar-refractivity contribution in [3.63, 3.8) is 0 Å². The van der Waals surface area contributed by atoms with E-state index in [1.165, 1.54) is 5.56 Å². The van der Waals surface area contributed by atoms with Gasteiger partial charge in [-0.05, 0) is 31.7 Å². The zero-order chi connectivity index (χ0) is 13.2. The van der Waals surface area contributed by atoms with Crippen LogP contribution in [0.3, 0.4) is 0 Å². The molecule has 0 aliphatic carbocycles. The van der Waals surface area contributed by atoms with E-state index in [1.54, 1.807) is 7.11 Å². The Morgan fingerprint density at radius 3 is 2.78 bits per heavy atom. The van der Waals surface area contributed by atoms with Gasteiger partial charge in [0, 0.05) is 7.11 Å². The molecule has 1 aromatic rings. The van der Waals surface area contributed by atoms with Gasteiger partial charge in [-0.15, -0.1) is 0 Å². The average Bonchev–Trinajstić information content (AvgIpc) is 2.40. The molecule has 0 aliphatic rings. The second-order valence-corrected chi connectivity index (χ2v) is 3.91. The number of ether oxygens (including phenoxy) is 3. The van der Waals surface area contributed by atoms with E-state index in [-0.39, 0.29) is 6.04 Å². The number of hydrogen-bond donors (Lipinski definition) is 1. The minimum atomic E-state index is 0.169. The van der Waals surface area contributed by atoms with E-state index in [0.29, 0.717) is 26.4 Å². The average molecular weight is 253 g/mol. The maximum atomic E-state index is 5.55. The summed E-state index contributed by atoms with van der Waals surface area (Å²) in [6.45, 7) is 4.51. The molecular weight excluding hydrogens is 230 g/mol. The third-order valence-corrected chi connectivity index (χ3v) is 2.64. The lowest BCUT2D eigenvalue weighted by Crippen LogP contribution is -2.22. The summed E-state index contributed by atoms with van der Waals surface area (Å²) >= 11 is 0. The molecule has 4 nitrogen and oxygen atoms in total. The molecule has 0 bridgehead atoms. The lowest BCUT2D eigenvalue weighted by molar-refractivity contribution is 0.0596. The number of nitrogens with one attached hydrogen (secondary N) is 1. The van der Waals surface area contributed by atoms with Crippen molar-refractivity contribution in [1.82, 2.24) is 5.32 Å². The van der Waals surface area contributed by atoms with Gasteiger partial charge in [0.05, 0.1) is 32.5 Å². The standard InChI is InChI=1S/C14H23NO3/c1-4-18-13-7-5-6-12(10-13)14(15-2)11-17-9-8-16-3/h5-7,10,14-15H,4,8-9,11H2,1-3H3. The minimum absolute atomic E-state index is 0.169. The van der Waals surface area contributed by atoms with Gasteiger partial charge in [-0.25, -0.2) is 0 Å². The SMILES string of the molecule is CCOc1cccc(C(COCCOC)NC)c1. The van der Waals surface area contributed by atoms with Crippen LogP contribution in [0.5, 0.6) is 5.75 Å². The summed E-state index contributed by atoms with van der Waals surface area (Å²) in [6.07, 6.45) is 0. The van der Waals surface area contributed by atoms with Crippen molar-refractivity contribution in [2.45, 2.75) is 13.0 Å². The first-order valence-electron chi connectivity index (χ1n) is 6.28. The topological polar surface area (TPSA) is 39.7 Å². The van der Waals surface area contributed by atoms with Crippen LogP contribution in [0.1, 0.15) is 18.5 Å². The molecule has 0 amide bonds. The van der Waals surface area contributed by atoms with Crippen molar-refractivity contribution in [3.05, 3.63) is 29.8 Å². The Bertz CT molecular complexity index is 331. The van der Waals surface area contributed by atoms with Crippen LogP contribution < -0.4 is 10.1 Å². The molecule has 102 valence electrons. The van der Waals surface area contributed by atoms with Gasteiger partial charge in [-0.3, -0.25) is 0 Å². The maximum Gasteiger partial charge on any atom is 0.119 e. The number of rotatable bonds is 9. The Hall–Kier alpha value is -1.10. The number of methoxy groups -OCH3 is 1. The van der Waals surface area contributed by atoms with Crippen LogP contribution in [0.2, 0.25) is 0 Å². The maximum absolute atomic E-state index is 5.55. The normalized spacial score (nSPS) is 12.4. The highest BCUT2D eigenvalue weighted by atomic mass is 16.5. The summed E-state index contributed by atoms with van der Waals surface area (Å²) in [7, 11) is 3.60. The highest BCUT2D eigenvalue weighted by Crippen LogP contribution is 2.19. The molecule has 1 aromatic carbocycles. The van der Waals surface area contributed by atoms with Gasteiger partial charge in [-0.2, -0.15) is 0 Å². The lowest BCUT2D eigenvalue weighted by Gasteiger charge is -2.17. The summed E-state index contributed by atoms with van der Waals surface area (Å²) in [5.41, 5.74) is 1.17. The molecule has 18 heavy (non-hydrogen) atoms. The molecule has 0 heterocycles. The third kappa shape index (κ3) is 5.04. The summed E-state index contributed by atoms with van der Waals surface area (Å²) in [5, 5.41) is 3.24. The second kappa shape index (κ2) is 8.91. The monoisotopic (exact) mass is 253 g/mol. The van der Waals surface area contributed by atoms with E-state index in [9.17, 15) is 0 Å². The number of benzene rings is 1. The molecule has 0 radical (unpaired) electrons. The molecule has 0 spiro atoms. The molecule has 0 saturated heterocycles. The smallest absolute Gasteiger partial charge is 0.119 e. The first kappa shape index (κ1) is 15.0. The molecule has 4 heteroatoms. The van der Waals surface area contributed by atoms with Gasteiger partial charge in [0.2, 0.25) is 0 Å². The summed E-state index contributed by atoms with van der Waals surface area (Å²) < 4.78 is 16.0. The van der Waals surface area contributed by atoms with Crippen molar-refractivity contribution < 1.29 is 14.2 Å². The molecule has 0 aliphatic heterocycles. The predicted molar refractivity (Wildman–Crippen MR) is 72.1 cm³/mol. The van der Waals surface area contributed by atoms with E-state index in [4.69, 9.17) is 14.2 Å². The van der Waals surface area contributed by atoms with Crippen LogP contribution in [-0.4, -0.2) is 40.6 Å².